The van der Waals surface area contributed by atoms with Gasteiger partial charge < -0.3 is 9.32 Å². The molecular weight excluding hydrogens is 260 g/mol. The molecule has 2 heterocycles. The van der Waals surface area contributed by atoms with Crippen molar-refractivity contribution in [3.8, 4) is 0 Å². The Morgan fingerprint density at radius 1 is 1.47 bits per heavy atom. The molecule has 0 unspecified atom stereocenters. The van der Waals surface area contributed by atoms with Gasteiger partial charge in [-0.15, -0.1) is 0 Å². The van der Waals surface area contributed by atoms with Crippen molar-refractivity contribution in [2.45, 2.75) is 6.54 Å². The molecule has 1 fully saturated rings. The second-order valence-corrected chi connectivity index (χ2v) is 4.51. The predicted octanol–water partition coefficient (Wildman–Crippen LogP) is 1.32. The predicted molar refractivity (Wildman–Crippen MR) is 59.3 cm³/mol. The van der Waals surface area contributed by atoms with Gasteiger partial charge in [-0.2, -0.15) is 0 Å². The molecule has 5 heteroatoms. The van der Waals surface area contributed by atoms with Crippen LogP contribution in [0.3, 0.4) is 0 Å². The highest BCUT2D eigenvalue weighted by atomic mass is 79.9. The molecule has 0 aliphatic carbocycles. The van der Waals surface area contributed by atoms with Crippen molar-refractivity contribution in [1.82, 2.24) is 9.80 Å². The summed E-state index contributed by atoms with van der Waals surface area (Å²) in [5.41, 5.74) is 0. The Morgan fingerprint density at radius 3 is 2.87 bits per heavy atom. The average molecular weight is 273 g/mol. The van der Waals surface area contributed by atoms with Gasteiger partial charge in [0, 0.05) is 20.1 Å². The van der Waals surface area contributed by atoms with Gasteiger partial charge in [-0.05, 0) is 28.1 Å². The number of carbonyl (C=O) groups excluding carboxylic acids is 1. The monoisotopic (exact) mass is 272 g/mol. The van der Waals surface area contributed by atoms with Crippen LogP contribution in [0.2, 0.25) is 0 Å². The Labute approximate surface area is 97.0 Å². The van der Waals surface area contributed by atoms with E-state index in [1.807, 2.05) is 19.2 Å². The zero-order valence-electron chi connectivity index (χ0n) is 8.57. The van der Waals surface area contributed by atoms with Crippen LogP contribution in [0, 0.1) is 0 Å². The SMILES string of the molecule is CN1CCN(Cc2ccc(Br)o2)CC1=O. The Bertz CT molecular complexity index is 364. The summed E-state index contributed by atoms with van der Waals surface area (Å²) in [4.78, 5) is 15.3. The molecule has 0 N–H and O–H groups in total. The maximum atomic E-state index is 11.4. The number of hydrogen-bond acceptors (Lipinski definition) is 3. The summed E-state index contributed by atoms with van der Waals surface area (Å²) in [6.07, 6.45) is 0. The van der Waals surface area contributed by atoms with Crippen LogP contribution in [-0.4, -0.2) is 42.4 Å². The van der Waals surface area contributed by atoms with E-state index >= 15 is 0 Å². The zero-order valence-corrected chi connectivity index (χ0v) is 10.2. The van der Waals surface area contributed by atoms with E-state index in [1.54, 1.807) is 4.90 Å². The molecule has 0 atom stereocenters. The molecule has 1 saturated heterocycles. The van der Waals surface area contributed by atoms with Crippen LogP contribution >= 0.6 is 15.9 Å². The fourth-order valence-corrected chi connectivity index (χ4v) is 1.94. The van der Waals surface area contributed by atoms with E-state index in [2.05, 4.69) is 20.8 Å². The fraction of sp³-hybridized carbons (Fsp3) is 0.500. The summed E-state index contributed by atoms with van der Waals surface area (Å²) >= 11 is 3.26. The largest absolute Gasteiger partial charge is 0.453 e. The van der Waals surface area contributed by atoms with Crippen molar-refractivity contribution in [1.29, 1.82) is 0 Å². The molecule has 1 aliphatic rings. The lowest BCUT2D eigenvalue weighted by Crippen LogP contribution is -2.47. The minimum atomic E-state index is 0.173. The number of carbonyl (C=O) groups is 1. The molecule has 82 valence electrons. The lowest BCUT2D eigenvalue weighted by molar-refractivity contribution is -0.134. The van der Waals surface area contributed by atoms with Gasteiger partial charge in [0.1, 0.15) is 5.76 Å². The number of amides is 1. The molecule has 0 aromatic carbocycles. The first-order valence-corrected chi connectivity index (χ1v) is 5.65. The van der Waals surface area contributed by atoms with Crippen molar-refractivity contribution in [3.63, 3.8) is 0 Å². The highest BCUT2D eigenvalue weighted by Gasteiger charge is 2.21. The molecule has 0 spiro atoms. The second-order valence-electron chi connectivity index (χ2n) is 3.73. The summed E-state index contributed by atoms with van der Waals surface area (Å²) in [6.45, 7) is 2.88. The van der Waals surface area contributed by atoms with Gasteiger partial charge in [0.2, 0.25) is 5.91 Å². The minimum absolute atomic E-state index is 0.173. The number of piperazine rings is 1. The van der Waals surface area contributed by atoms with Gasteiger partial charge in [0.25, 0.3) is 0 Å². The van der Waals surface area contributed by atoms with Crippen LogP contribution in [-0.2, 0) is 11.3 Å². The molecule has 2 rings (SSSR count). The number of likely N-dealkylation sites (N-methyl/N-ethyl adjacent to an activating group) is 1. The van der Waals surface area contributed by atoms with Gasteiger partial charge in [0.05, 0.1) is 13.1 Å². The first kappa shape index (κ1) is 10.7. The first-order chi connectivity index (χ1) is 7.15. The summed E-state index contributed by atoms with van der Waals surface area (Å²) < 4.78 is 6.13. The fourth-order valence-electron chi connectivity index (χ4n) is 1.60. The van der Waals surface area contributed by atoms with Crippen molar-refractivity contribution >= 4 is 21.8 Å². The topological polar surface area (TPSA) is 36.7 Å². The number of rotatable bonds is 2. The van der Waals surface area contributed by atoms with Crippen molar-refractivity contribution < 1.29 is 9.21 Å². The van der Waals surface area contributed by atoms with Gasteiger partial charge in [-0.3, -0.25) is 9.69 Å². The smallest absolute Gasteiger partial charge is 0.236 e. The molecule has 15 heavy (non-hydrogen) atoms. The summed E-state index contributed by atoms with van der Waals surface area (Å²) in [5.74, 6) is 1.06. The van der Waals surface area contributed by atoms with E-state index in [4.69, 9.17) is 4.42 Å². The van der Waals surface area contributed by atoms with Crippen molar-refractivity contribution in [2.24, 2.45) is 0 Å². The van der Waals surface area contributed by atoms with E-state index in [9.17, 15) is 4.79 Å². The van der Waals surface area contributed by atoms with Gasteiger partial charge in [0.15, 0.2) is 4.67 Å². The third-order valence-electron chi connectivity index (χ3n) is 2.54. The van der Waals surface area contributed by atoms with Crippen molar-refractivity contribution in [3.05, 3.63) is 22.6 Å². The quantitative estimate of drug-likeness (QED) is 0.815. The second kappa shape index (κ2) is 4.37. The molecular formula is C10H13BrN2O2. The van der Waals surface area contributed by atoms with Crippen LogP contribution < -0.4 is 0 Å². The zero-order chi connectivity index (χ0) is 10.8. The molecule has 1 aliphatic heterocycles. The van der Waals surface area contributed by atoms with Gasteiger partial charge >= 0.3 is 0 Å². The standard InChI is InChI=1S/C10H13BrN2O2/c1-12-4-5-13(7-10(12)14)6-8-2-3-9(11)15-8/h2-3H,4-7H2,1H3. The van der Waals surface area contributed by atoms with E-state index in [0.29, 0.717) is 13.1 Å². The van der Waals surface area contributed by atoms with Crippen LogP contribution in [0.25, 0.3) is 0 Å². The van der Waals surface area contributed by atoms with E-state index in [0.717, 1.165) is 23.5 Å². The summed E-state index contributed by atoms with van der Waals surface area (Å²) in [6, 6.07) is 3.79. The Kier molecular flexibility index (Phi) is 3.11. The summed E-state index contributed by atoms with van der Waals surface area (Å²) in [5, 5.41) is 0. The maximum Gasteiger partial charge on any atom is 0.236 e. The van der Waals surface area contributed by atoms with Crippen LogP contribution in [0.15, 0.2) is 21.2 Å². The Hall–Kier alpha value is -0.810. The molecule has 1 aromatic heterocycles. The normalized spacial score (nSPS) is 18.5. The van der Waals surface area contributed by atoms with E-state index < -0.39 is 0 Å². The number of nitrogens with zero attached hydrogens (tertiary/aromatic N) is 2. The molecule has 0 radical (unpaired) electrons. The highest BCUT2D eigenvalue weighted by molar-refractivity contribution is 9.10. The molecule has 0 bridgehead atoms. The molecule has 1 aromatic rings. The lowest BCUT2D eigenvalue weighted by atomic mass is 10.3. The third kappa shape index (κ3) is 2.60. The van der Waals surface area contributed by atoms with Crippen LogP contribution in [0.1, 0.15) is 5.76 Å². The average Bonchev–Trinajstić information content (AvgIpc) is 2.58. The highest BCUT2D eigenvalue weighted by Crippen LogP contribution is 2.16. The van der Waals surface area contributed by atoms with E-state index in [-0.39, 0.29) is 5.91 Å². The number of furan rings is 1. The summed E-state index contributed by atoms with van der Waals surface area (Å²) in [7, 11) is 1.84. The Morgan fingerprint density at radius 2 is 2.27 bits per heavy atom. The Balaban J connectivity index is 1.93. The van der Waals surface area contributed by atoms with Gasteiger partial charge in [-0.1, -0.05) is 0 Å². The minimum Gasteiger partial charge on any atom is -0.453 e. The maximum absolute atomic E-state index is 11.4. The molecule has 4 nitrogen and oxygen atoms in total. The van der Waals surface area contributed by atoms with E-state index in [1.165, 1.54) is 0 Å². The molecule has 0 saturated carbocycles. The van der Waals surface area contributed by atoms with Crippen molar-refractivity contribution in [2.75, 3.05) is 26.7 Å². The number of halogens is 1. The molecule has 1 amide bonds. The van der Waals surface area contributed by atoms with Crippen LogP contribution in [0.5, 0.6) is 0 Å². The van der Waals surface area contributed by atoms with Gasteiger partial charge in [-0.25, -0.2) is 0 Å². The number of hydrogen-bond donors (Lipinski definition) is 0. The first-order valence-electron chi connectivity index (χ1n) is 4.85. The third-order valence-corrected chi connectivity index (χ3v) is 2.97. The lowest BCUT2D eigenvalue weighted by Gasteiger charge is -2.31. The van der Waals surface area contributed by atoms with Crippen LogP contribution in [0.4, 0.5) is 0 Å².